The van der Waals surface area contributed by atoms with Crippen molar-refractivity contribution in [2.75, 3.05) is 6.54 Å². The van der Waals surface area contributed by atoms with E-state index in [0.29, 0.717) is 0 Å². The average Bonchev–Trinajstić information content (AvgIpc) is 1.59. The molecule has 0 aliphatic carbocycles. The second kappa shape index (κ2) is 4.32. The van der Waals surface area contributed by atoms with Crippen LogP contribution in [0.15, 0.2) is 0 Å². The normalized spacial score (nSPS) is 9.67. The highest BCUT2D eigenvalue weighted by Gasteiger charge is 2.07. The summed E-state index contributed by atoms with van der Waals surface area (Å²) in [5.41, 5.74) is 0.209. The summed E-state index contributed by atoms with van der Waals surface area (Å²) in [6, 6.07) is 0. The van der Waals surface area contributed by atoms with Gasteiger partial charge in [0, 0.05) is 6.54 Å². The number of rotatable bonds is 2. The first-order valence-electron chi connectivity index (χ1n) is 2.73. The number of amides is 1. The standard InChI is InChI=1S/C6H13NO.H3N/c1-6(2,3)4-7-5-8;/h5H,4H2,1-3H3,(H,7,8);1H3. The maximum absolute atomic E-state index is 9.74. The predicted octanol–water partition coefficient (Wildman–Crippen LogP) is 0.940. The summed E-state index contributed by atoms with van der Waals surface area (Å²) < 4.78 is 0. The highest BCUT2D eigenvalue weighted by molar-refractivity contribution is 5.45. The van der Waals surface area contributed by atoms with Crippen LogP contribution in [0.5, 0.6) is 0 Å². The van der Waals surface area contributed by atoms with E-state index in [1.165, 1.54) is 0 Å². The van der Waals surface area contributed by atoms with Gasteiger partial charge in [0.2, 0.25) is 6.41 Å². The fraction of sp³-hybridized carbons (Fsp3) is 0.833. The van der Waals surface area contributed by atoms with Gasteiger partial charge in [-0.2, -0.15) is 0 Å². The van der Waals surface area contributed by atoms with E-state index in [1.54, 1.807) is 0 Å². The summed E-state index contributed by atoms with van der Waals surface area (Å²) >= 11 is 0. The molecule has 0 aliphatic heterocycles. The average molecular weight is 132 g/mol. The quantitative estimate of drug-likeness (QED) is 0.549. The van der Waals surface area contributed by atoms with Crippen LogP contribution in [-0.2, 0) is 4.79 Å². The molecule has 0 saturated heterocycles. The van der Waals surface area contributed by atoms with Gasteiger partial charge in [0.15, 0.2) is 0 Å². The third-order valence-corrected chi connectivity index (χ3v) is 0.716. The second-order valence-electron chi connectivity index (χ2n) is 3.06. The van der Waals surface area contributed by atoms with E-state index in [4.69, 9.17) is 0 Å². The topological polar surface area (TPSA) is 64.1 Å². The number of hydrogen-bond acceptors (Lipinski definition) is 2. The molecule has 0 bridgehead atoms. The third kappa shape index (κ3) is 11.2. The van der Waals surface area contributed by atoms with Gasteiger partial charge in [0.1, 0.15) is 0 Å². The van der Waals surface area contributed by atoms with Crippen LogP contribution in [0, 0.1) is 5.41 Å². The highest BCUT2D eigenvalue weighted by Crippen LogP contribution is 2.09. The molecule has 0 spiro atoms. The lowest BCUT2D eigenvalue weighted by Gasteiger charge is -2.15. The zero-order valence-electron chi connectivity index (χ0n) is 6.40. The van der Waals surface area contributed by atoms with Crippen molar-refractivity contribution in [2.24, 2.45) is 5.41 Å². The summed E-state index contributed by atoms with van der Waals surface area (Å²) in [6.07, 6.45) is 0.727. The molecule has 0 atom stereocenters. The number of hydrogen-bond donors (Lipinski definition) is 2. The smallest absolute Gasteiger partial charge is 0.207 e. The van der Waals surface area contributed by atoms with E-state index in [9.17, 15) is 4.79 Å². The van der Waals surface area contributed by atoms with Crippen LogP contribution in [-0.4, -0.2) is 13.0 Å². The van der Waals surface area contributed by atoms with Crippen LogP contribution in [0.2, 0.25) is 0 Å². The second-order valence-corrected chi connectivity index (χ2v) is 3.06. The minimum Gasteiger partial charge on any atom is -0.358 e. The van der Waals surface area contributed by atoms with Crippen molar-refractivity contribution in [3.63, 3.8) is 0 Å². The molecule has 0 saturated carbocycles. The Bertz CT molecular complexity index is 75.6. The molecule has 9 heavy (non-hydrogen) atoms. The van der Waals surface area contributed by atoms with Crippen LogP contribution in [0.25, 0.3) is 0 Å². The first-order chi connectivity index (χ1) is 3.56. The van der Waals surface area contributed by atoms with Gasteiger partial charge in [-0.05, 0) is 5.41 Å². The van der Waals surface area contributed by atoms with Crippen LogP contribution < -0.4 is 11.5 Å². The summed E-state index contributed by atoms with van der Waals surface area (Å²) in [4.78, 5) is 9.74. The molecule has 0 aromatic heterocycles. The van der Waals surface area contributed by atoms with E-state index in [2.05, 4.69) is 26.1 Å². The molecule has 0 aromatic rings. The van der Waals surface area contributed by atoms with Gasteiger partial charge in [-0.15, -0.1) is 0 Å². The molecule has 0 fully saturated rings. The Kier molecular flexibility index (Phi) is 5.41. The maximum Gasteiger partial charge on any atom is 0.207 e. The Labute approximate surface area is 56.4 Å². The zero-order chi connectivity index (χ0) is 6.62. The lowest BCUT2D eigenvalue weighted by molar-refractivity contribution is -0.109. The van der Waals surface area contributed by atoms with Gasteiger partial charge in [0.05, 0.1) is 0 Å². The molecule has 0 aromatic carbocycles. The van der Waals surface area contributed by atoms with E-state index in [0.717, 1.165) is 13.0 Å². The molecule has 0 aliphatic rings. The van der Waals surface area contributed by atoms with Crippen LogP contribution in [0.1, 0.15) is 20.8 Å². The van der Waals surface area contributed by atoms with E-state index in [1.807, 2.05) is 0 Å². The van der Waals surface area contributed by atoms with Crippen molar-refractivity contribution in [1.29, 1.82) is 0 Å². The Morgan fingerprint density at radius 2 is 1.89 bits per heavy atom. The Morgan fingerprint density at radius 1 is 1.44 bits per heavy atom. The molecular weight excluding hydrogens is 116 g/mol. The van der Waals surface area contributed by atoms with Gasteiger partial charge in [0.25, 0.3) is 0 Å². The van der Waals surface area contributed by atoms with Crippen molar-refractivity contribution >= 4 is 6.41 Å². The molecule has 1 amide bonds. The van der Waals surface area contributed by atoms with Crippen molar-refractivity contribution in [3.05, 3.63) is 0 Å². The van der Waals surface area contributed by atoms with E-state index < -0.39 is 0 Å². The first kappa shape index (κ1) is 11.3. The largest absolute Gasteiger partial charge is 0.358 e. The van der Waals surface area contributed by atoms with E-state index in [-0.39, 0.29) is 11.6 Å². The van der Waals surface area contributed by atoms with Crippen molar-refractivity contribution in [3.8, 4) is 0 Å². The molecule has 3 nitrogen and oxygen atoms in total. The number of carbonyl (C=O) groups excluding carboxylic acids is 1. The lowest BCUT2D eigenvalue weighted by Crippen LogP contribution is -2.25. The molecule has 4 N–H and O–H groups in total. The first-order valence-corrected chi connectivity index (χ1v) is 2.73. The Balaban J connectivity index is 0. The minimum absolute atomic E-state index is 0. The number of nitrogens with one attached hydrogen (secondary N) is 1. The van der Waals surface area contributed by atoms with Gasteiger partial charge in [-0.3, -0.25) is 4.79 Å². The van der Waals surface area contributed by atoms with Crippen LogP contribution in [0.4, 0.5) is 0 Å². The monoisotopic (exact) mass is 132 g/mol. The lowest BCUT2D eigenvalue weighted by atomic mass is 9.97. The summed E-state index contributed by atoms with van der Waals surface area (Å²) in [5, 5.41) is 2.61. The third-order valence-electron chi connectivity index (χ3n) is 0.716. The molecule has 0 heterocycles. The Hall–Kier alpha value is -0.570. The highest BCUT2D eigenvalue weighted by atomic mass is 16.1. The van der Waals surface area contributed by atoms with Crippen molar-refractivity contribution in [1.82, 2.24) is 11.5 Å². The molecule has 3 heteroatoms. The zero-order valence-corrected chi connectivity index (χ0v) is 6.40. The molecule has 0 radical (unpaired) electrons. The molecule has 0 rings (SSSR count). The van der Waals surface area contributed by atoms with Gasteiger partial charge < -0.3 is 11.5 Å². The van der Waals surface area contributed by atoms with Crippen LogP contribution >= 0.6 is 0 Å². The Morgan fingerprint density at radius 3 is 2.00 bits per heavy atom. The van der Waals surface area contributed by atoms with Gasteiger partial charge in [-0.1, -0.05) is 20.8 Å². The predicted molar refractivity (Wildman–Crippen MR) is 38.5 cm³/mol. The van der Waals surface area contributed by atoms with Crippen molar-refractivity contribution in [2.45, 2.75) is 20.8 Å². The van der Waals surface area contributed by atoms with Gasteiger partial charge in [-0.25, -0.2) is 0 Å². The summed E-state index contributed by atoms with van der Waals surface area (Å²) in [5.74, 6) is 0. The van der Waals surface area contributed by atoms with Gasteiger partial charge >= 0.3 is 0 Å². The fourth-order valence-corrected chi connectivity index (χ4v) is 0.348. The van der Waals surface area contributed by atoms with Crippen molar-refractivity contribution < 1.29 is 4.79 Å². The molecule has 0 unspecified atom stereocenters. The summed E-state index contributed by atoms with van der Waals surface area (Å²) in [7, 11) is 0. The maximum atomic E-state index is 9.74. The van der Waals surface area contributed by atoms with E-state index >= 15 is 0 Å². The fourth-order valence-electron chi connectivity index (χ4n) is 0.348. The minimum atomic E-state index is 0. The SMILES string of the molecule is CC(C)(C)CNC=O.N. The summed E-state index contributed by atoms with van der Waals surface area (Å²) in [6.45, 7) is 6.97. The van der Waals surface area contributed by atoms with Crippen LogP contribution in [0.3, 0.4) is 0 Å². The molecule has 56 valence electrons. The molecular formula is C6H16N2O. The number of carbonyl (C=O) groups is 1.